The average Bonchev–Trinajstić information content (AvgIpc) is 3.27. The summed E-state index contributed by atoms with van der Waals surface area (Å²) in [7, 11) is 1.73. The zero-order valence-corrected chi connectivity index (χ0v) is 16.1. The predicted molar refractivity (Wildman–Crippen MR) is 105 cm³/mol. The van der Waals surface area contributed by atoms with E-state index in [1.165, 1.54) is 11.1 Å². The van der Waals surface area contributed by atoms with Crippen LogP contribution in [0.2, 0.25) is 0 Å². The Bertz CT molecular complexity index is 955. The van der Waals surface area contributed by atoms with E-state index >= 15 is 0 Å². The maximum atomic E-state index is 11.6. The largest absolute Gasteiger partial charge is 0.496 e. The minimum atomic E-state index is 0.537. The van der Waals surface area contributed by atoms with Crippen LogP contribution in [0.25, 0.3) is 17.1 Å². The Morgan fingerprint density at radius 1 is 1.35 bits per heavy atom. The van der Waals surface area contributed by atoms with Gasteiger partial charge in [-0.05, 0) is 59.9 Å². The van der Waals surface area contributed by atoms with Crippen molar-refractivity contribution in [3.63, 3.8) is 0 Å². The van der Waals surface area contributed by atoms with E-state index in [-0.39, 0.29) is 0 Å². The summed E-state index contributed by atoms with van der Waals surface area (Å²) in [6.07, 6.45) is 3.54. The van der Waals surface area contributed by atoms with Gasteiger partial charge in [-0.2, -0.15) is 11.3 Å². The van der Waals surface area contributed by atoms with E-state index in [1.807, 2.05) is 5.38 Å². The molecule has 4 rings (SSSR count). The Kier molecular flexibility index (Phi) is 4.41. The van der Waals surface area contributed by atoms with Gasteiger partial charge in [-0.15, -0.1) is 0 Å². The third-order valence-corrected chi connectivity index (χ3v) is 5.56. The lowest BCUT2D eigenvalue weighted by Gasteiger charge is -2.24. The second-order valence-electron chi connectivity index (χ2n) is 7.12. The van der Waals surface area contributed by atoms with Gasteiger partial charge in [0, 0.05) is 10.9 Å². The standard InChI is InChI=1S/C21H22N2O2S/c1-13(2)8-16-9-19-14(10-20(16)25-3)4-5-18-17(11-24)22-21(23(18)19)15-6-7-26-12-15/h6-7,9-13H,4-5,8H2,1-3H3. The molecule has 0 saturated carbocycles. The maximum absolute atomic E-state index is 11.6. The summed E-state index contributed by atoms with van der Waals surface area (Å²) in [6, 6.07) is 6.44. The minimum Gasteiger partial charge on any atom is -0.496 e. The Morgan fingerprint density at radius 3 is 2.85 bits per heavy atom. The van der Waals surface area contributed by atoms with Crippen molar-refractivity contribution in [2.75, 3.05) is 7.11 Å². The number of carbonyl (C=O) groups excluding carboxylic acids is 1. The molecular weight excluding hydrogens is 344 g/mol. The number of carbonyl (C=O) groups is 1. The lowest BCUT2D eigenvalue weighted by Crippen LogP contribution is -2.15. The average molecular weight is 366 g/mol. The first-order chi connectivity index (χ1) is 12.6. The lowest BCUT2D eigenvalue weighted by molar-refractivity contribution is 0.111. The number of benzene rings is 1. The van der Waals surface area contributed by atoms with Gasteiger partial charge < -0.3 is 4.74 Å². The number of aromatic nitrogens is 2. The summed E-state index contributed by atoms with van der Waals surface area (Å²) in [5, 5.41) is 4.12. The molecule has 0 fully saturated rings. The topological polar surface area (TPSA) is 44.1 Å². The first-order valence-corrected chi connectivity index (χ1v) is 9.86. The van der Waals surface area contributed by atoms with E-state index in [0.29, 0.717) is 11.6 Å². The molecule has 1 aromatic carbocycles. The van der Waals surface area contributed by atoms with E-state index in [0.717, 1.165) is 54.1 Å². The zero-order chi connectivity index (χ0) is 18.3. The number of imidazole rings is 1. The summed E-state index contributed by atoms with van der Waals surface area (Å²) >= 11 is 1.64. The van der Waals surface area contributed by atoms with Crippen LogP contribution in [0.4, 0.5) is 0 Å². The van der Waals surface area contributed by atoms with Crippen LogP contribution in [-0.2, 0) is 19.3 Å². The quantitative estimate of drug-likeness (QED) is 0.614. The van der Waals surface area contributed by atoms with Crippen molar-refractivity contribution in [3.8, 4) is 22.8 Å². The van der Waals surface area contributed by atoms with Crippen LogP contribution >= 0.6 is 11.3 Å². The van der Waals surface area contributed by atoms with Gasteiger partial charge in [-0.3, -0.25) is 9.36 Å². The Labute approximate surface area is 157 Å². The highest BCUT2D eigenvalue weighted by atomic mass is 32.1. The summed E-state index contributed by atoms with van der Waals surface area (Å²) in [5.74, 6) is 2.34. The number of aldehydes is 1. The third-order valence-electron chi connectivity index (χ3n) is 4.88. The van der Waals surface area contributed by atoms with Crippen molar-refractivity contribution in [2.24, 2.45) is 5.92 Å². The highest BCUT2D eigenvalue weighted by Gasteiger charge is 2.26. The fourth-order valence-electron chi connectivity index (χ4n) is 3.75. The number of aryl methyl sites for hydroxylation is 1. The number of hydrogen-bond donors (Lipinski definition) is 0. The molecule has 0 N–H and O–H groups in total. The molecule has 2 aromatic heterocycles. The summed E-state index contributed by atoms with van der Waals surface area (Å²) < 4.78 is 7.82. The molecule has 26 heavy (non-hydrogen) atoms. The fraction of sp³-hybridized carbons (Fsp3) is 0.333. The van der Waals surface area contributed by atoms with E-state index in [9.17, 15) is 4.79 Å². The number of thiophene rings is 1. The molecule has 0 spiro atoms. The smallest absolute Gasteiger partial charge is 0.170 e. The van der Waals surface area contributed by atoms with Crippen molar-refractivity contribution >= 4 is 17.6 Å². The van der Waals surface area contributed by atoms with Crippen LogP contribution < -0.4 is 4.74 Å². The molecular formula is C21H22N2O2S. The van der Waals surface area contributed by atoms with Crippen molar-refractivity contribution in [2.45, 2.75) is 33.1 Å². The fourth-order valence-corrected chi connectivity index (χ4v) is 4.39. The Balaban J connectivity index is 1.96. The predicted octanol–water partition coefficient (Wildman–Crippen LogP) is 4.72. The summed E-state index contributed by atoms with van der Waals surface area (Å²) in [4.78, 5) is 16.2. The Hall–Kier alpha value is -2.40. The monoisotopic (exact) mass is 366 g/mol. The number of fused-ring (bicyclic) bond motifs is 3. The van der Waals surface area contributed by atoms with Crippen molar-refractivity contribution in [3.05, 3.63) is 51.5 Å². The van der Waals surface area contributed by atoms with Gasteiger partial charge in [-0.25, -0.2) is 4.98 Å². The van der Waals surface area contributed by atoms with Crippen LogP contribution in [0.3, 0.4) is 0 Å². The highest BCUT2D eigenvalue weighted by Crippen LogP contribution is 2.37. The zero-order valence-electron chi connectivity index (χ0n) is 15.3. The maximum Gasteiger partial charge on any atom is 0.170 e. The highest BCUT2D eigenvalue weighted by molar-refractivity contribution is 7.08. The van der Waals surface area contributed by atoms with Gasteiger partial charge in [0.15, 0.2) is 6.29 Å². The van der Waals surface area contributed by atoms with E-state index in [1.54, 1.807) is 18.4 Å². The van der Waals surface area contributed by atoms with E-state index < -0.39 is 0 Å². The Morgan fingerprint density at radius 2 is 2.19 bits per heavy atom. The molecule has 0 unspecified atom stereocenters. The van der Waals surface area contributed by atoms with E-state index in [2.05, 4.69) is 47.0 Å². The molecule has 0 saturated heterocycles. The van der Waals surface area contributed by atoms with Crippen molar-refractivity contribution in [1.82, 2.24) is 9.55 Å². The van der Waals surface area contributed by atoms with Crippen molar-refractivity contribution < 1.29 is 9.53 Å². The van der Waals surface area contributed by atoms with Gasteiger partial charge in [0.25, 0.3) is 0 Å². The lowest BCUT2D eigenvalue weighted by atomic mass is 9.94. The molecule has 4 nitrogen and oxygen atoms in total. The van der Waals surface area contributed by atoms with Gasteiger partial charge in [0.1, 0.15) is 17.3 Å². The van der Waals surface area contributed by atoms with Gasteiger partial charge in [0.05, 0.1) is 18.5 Å². The number of hydrogen-bond acceptors (Lipinski definition) is 4. The van der Waals surface area contributed by atoms with Gasteiger partial charge in [-0.1, -0.05) is 13.8 Å². The second-order valence-corrected chi connectivity index (χ2v) is 7.90. The first kappa shape index (κ1) is 17.0. The van der Waals surface area contributed by atoms with Gasteiger partial charge in [0.2, 0.25) is 0 Å². The molecule has 0 radical (unpaired) electrons. The SMILES string of the molecule is COc1cc2c(cc1CC(C)C)-n1c(-c3ccsc3)nc(C=O)c1CC2. The number of ether oxygens (including phenoxy) is 1. The summed E-state index contributed by atoms with van der Waals surface area (Å²) in [5.41, 5.74) is 6.19. The number of methoxy groups -OCH3 is 1. The number of rotatable bonds is 5. The van der Waals surface area contributed by atoms with E-state index in [4.69, 9.17) is 4.74 Å². The summed E-state index contributed by atoms with van der Waals surface area (Å²) in [6.45, 7) is 4.42. The molecule has 0 atom stereocenters. The van der Waals surface area contributed by atoms with Crippen LogP contribution in [-0.4, -0.2) is 22.9 Å². The molecule has 134 valence electrons. The minimum absolute atomic E-state index is 0.537. The first-order valence-electron chi connectivity index (χ1n) is 8.92. The molecule has 0 bridgehead atoms. The van der Waals surface area contributed by atoms with Crippen LogP contribution in [0.15, 0.2) is 29.0 Å². The number of nitrogens with zero attached hydrogens (tertiary/aromatic N) is 2. The van der Waals surface area contributed by atoms with Crippen LogP contribution in [0.1, 0.15) is 41.2 Å². The van der Waals surface area contributed by atoms with Crippen LogP contribution in [0.5, 0.6) is 5.75 Å². The molecule has 1 aliphatic rings. The molecule has 1 aliphatic heterocycles. The molecule has 0 amide bonds. The van der Waals surface area contributed by atoms with Crippen molar-refractivity contribution in [1.29, 1.82) is 0 Å². The third kappa shape index (κ3) is 2.76. The molecule has 3 heterocycles. The molecule has 5 heteroatoms. The molecule has 0 aliphatic carbocycles. The van der Waals surface area contributed by atoms with Crippen LogP contribution in [0, 0.1) is 5.92 Å². The molecule has 3 aromatic rings. The normalized spacial score (nSPS) is 12.8. The van der Waals surface area contributed by atoms with Gasteiger partial charge >= 0.3 is 0 Å². The second kappa shape index (κ2) is 6.72.